The molecule has 0 amide bonds. The highest BCUT2D eigenvalue weighted by Gasteiger charge is 2.08. The number of guanidine groups is 1. The molecule has 0 saturated carbocycles. The van der Waals surface area contributed by atoms with Crippen molar-refractivity contribution in [1.82, 2.24) is 20.2 Å². The highest BCUT2D eigenvalue weighted by molar-refractivity contribution is 6.31. The first kappa shape index (κ1) is 18.3. The van der Waals surface area contributed by atoms with Crippen molar-refractivity contribution >= 4 is 28.6 Å². The van der Waals surface area contributed by atoms with Crippen LogP contribution in [0.3, 0.4) is 0 Å². The molecule has 0 aliphatic heterocycles. The summed E-state index contributed by atoms with van der Waals surface area (Å²) in [5.41, 5.74) is 3.19. The minimum atomic E-state index is 0.711. The highest BCUT2D eigenvalue weighted by atomic mass is 35.5. The van der Waals surface area contributed by atoms with E-state index in [0.717, 1.165) is 52.8 Å². The van der Waals surface area contributed by atoms with Crippen LogP contribution in [0.4, 0.5) is 0 Å². The lowest BCUT2D eigenvalue weighted by molar-refractivity contribution is 0.475. The fourth-order valence-electron chi connectivity index (χ4n) is 2.92. The smallest absolute Gasteiger partial charge is 0.193 e. The number of H-pyrrole nitrogens is 1. The van der Waals surface area contributed by atoms with Crippen LogP contribution < -0.4 is 5.32 Å². The SMILES string of the molecule is CN=C(NCCCc1nc2ccccc2[nH]1)N(C)Cc1ccccc1Cl. The number of aromatic nitrogens is 2. The number of hydrogen-bond acceptors (Lipinski definition) is 2. The summed E-state index contributed by atoms with van der Waals surface area (Å²) in [4.78, 5) is 14.4. The number of benzene rings is 2. The van der Waals surface area contributed by atoms with E-state index in [1.54, 1.807) is 7.05 Å². The zero-order chi connectivity index (χ0) is 18.4. The maximum Gasteiger partial charge on any atom is 0.193 e. The number of nitrogens with one attached hydrogen (secondary N) is 2. The second-order valence-electron chi connectivity index (χ2n) is 6.23. The van der Waals surface area contributed by atoms with Gasteiger partial charge in [-0.25, -0.2) is 4.98 Å². The van der Waals surface area contributed by atoms with Crippen LogP contribution in [-0.4, -0.2) is 41.5 Å². The predicted molar refractivity (Wildman–Crippen MR) is 109 cm³/mol. The number of nitrogens with zero attached hydrogens (tertiary/aromatic N) is 3. The molecule has 5 nitrogen and oxygen atoms in total. The molecule has 26 heavy (non-hydrogen) atoms. The molecule has 2 N–H and O–H groups in total. The van der Waals surface area contributed by atoms with Crippen molar-refractivity contribution in [3.63, 3.8) is 0 Å². The second-order valence-corrected chi connectivity index (χ2v) is 6.63. The Morgan fingerprint density at radius 3 is 2.73 bits per heavy atom. The van der Waals surface area contributed by atoms with E-state index in [4.69, 9.17) is 11.6 Å². The Kier molecular flexibility index (Phi) is 6.12. The van der Waals surface area contributed by atoms with Crippen LogP contribution in [0, 0.1) is 0 Å². The van der Waals surface area contributed by atoms with Crippen molar-refractivity contribution in [1.29, 1.82) is 0 Å². The van der Waals surface area contributed by atoms with Crippen molar-refractivity contribution in [2.45, 2.75) is 19.4 Å². The topological polar surface area (TPSA) is 56.3 Å². The third-order valence-corrected chi connectivity index (χ3v) is 4.62. The zero-order valence-corrected chi connectivity index (χ0v) is 15.9. The van der Waals surface area contributed by atoms with Gasteiger partial charge in [0.25, 0.3) is 0 Å². The Bertz CT molecular complexity index is 854. The van der Waals surface area contributed by atoms with E-state index in [-0.39, 0.29) is 0 Å². The Hall–Kier alpha value is -2.53. The molecule has 0 spiro atoms. The second kappa shape index (κ2) is 8.72. The van der Waals surface area contributed by atoms with Gasteiger partial charge in [0.1, 0.15) is 5.82 Å². The van der Waals surface area contributed by atoms with Crippen LogP contribution in [0.1, 0.15) is 17.8 Å². The fourth-order valence-corrected chi connectivity index (χ4v) is 3.12. The van der Waals surface area contributed by atoms with Gasteiger partial charge in [-0.05, 0) is 30.2 Å². The van der Waals surface area contributed by atoms with Crippen LogP contribution in [0.25, 0.3) is 11.0 Å². The third-order valence-electron chi connectivity index (χ3n) is 4.25. The minimum absolute atomic E-state index is 0.711. The molecule has 0 bridgehead atoms. The number of imidazole rings is 1. The van der Waals surface area contributed by atoms with Gasteiger partial charge >= 0.3 is 0 Å². The molecular weight excluding hydrogens is 346 g/mol. The van der Waals surface area contributed by atoms with E-state index in [1.807, 2.05) is 49.5 Å². The first-order valence-electron chi connectivity index (χ1n) is 8.76. The number of hydrogen-bond donors (Lipinski definition) is 2. The Morgan fingerprint density at radius 1 is 1.19 bits per heavy atom. The van der Waals surface area contributed by atoms with Crippen LogP contribution in [0.15, 0.2) is 53.5 Å². The normalized spacial score (nSPS) is 11.7. The number of aliphatic imine (C=N–C) groups is 1. The maximum absolute atomic E-state index is 6.25. The molecule has 3 aromatic rings. The van der Waals surface area contributed by atoms with Crippen LogP contribution in [0.5, 0.6) is 0 Å². The molecule has 6 heteroatoms. The van der Waals surface area contributed by atoms with Gasteiger partial charge in [0.05, 0.1) is 11.0 Å². The van der Waals surface area contributed by atoms with Crippen molar-refractivity contribution in [3.8, 4) is 0 Å². The lowest BCUT2D eigenvalue weighted by Gasteiger charge is -2.22. The molecule has 1 aromatic heterocycles. The molecular formula is C20H24ClN5. The molecule has 2 aromatic carbocycles. The van der Waals surface area contributed by atoms with E-state index in [1.165, 1.54) is 0 Å². The van der Waals surface area contributed by atoms with Crippen LogP contribution in [-0.2, 0) is 13.0 Å². The number of aryl methyl sites for hydroxylation is 1. The van der Waals surface area contributed by atoms with E-state index in [9.17, 15) is 0 Å². The summed E-state index contributed by atoms with van der Waals surface area (Å²) in [6.07, 6.45) is 1.87. The van der Waals surface area contributed by atoms with E-state index < -0.39 is 0 Å². The lowest BCUT2D eigenvalue weighted by Crippen LogP contribution is -2.39. The van der Waals surface area contributed by atoms with E-state index in [0.29, 0.717) is 6.54 Å². The number of halogens is 1. The molecule has 0 aliphatic carbocycles. The quantitative estimate of drug-likeness (QED) is 0.394. The average Bonchev–Trinajstić information content (AvgIpc) is 3.06. The largest absolute Gasteiger partial charge is 0.356 e. The average molecular weight is 370 g/mol. The summed E-state index contributed by atoms with van der Waals surface area (Å²) in [5.74, 6) is 1.88. The molecule has 136 valence electrons. The summed E-state index contributed by atoms with van der Waals surface area (Å²) in [6, 6.07) is 16.0. The summed E-state index contributed by atoms with van der Waals surface area (Å²) >= 11 is 6.25. The molecule has 0 saturated heterocycles. The summed E-state index contributed by atoms with van der Waals surface area (Å²) in [7, 11) is 3.81. The molecule has 1 heterocycles. The number of para-hydroxylation sites is 2. The number of fused-ring (bicyclic) bond motifs is 1. The first-order valence-corrected chi connectivity index (χ1v) is 9.14. The maximum atomic E-state index is 6.25. The Morgan fingerprint density at radius 2 is 1.96 bits per heavy atom. The molecule has 0 unspecified atom stereocenters. The molecule has 0 aliphatic rings. The standard InChI is InChI=1S/C20H24ClN5/c1-22-20(26(2)14-15-8-3-4-9-16(15)21)23-13-7-12-19-24-17-10-5-6-11-18(17)25-19/h3-6,8-11H,7,12-14H2,1-2H3,(H,22,23)(H,24,25). The van der Waals surface area contributed by atoms with Gasteiger partial charge in [0, 0.05) is 38.6 Å². The third kappa shape index (κ3) is 4.55. The molecule has 0 fully saturated rings. The summed E-state index contributed by atoms with van der Waals surface area (Å²) in [5, 5.41) is 4.18. The van der Waals surface area contributed by atoms with Crippen molar-refractivity contribution in [3.05, 3.63) is 64.9 Å². The van der Waals surface area contributed by atoms with Crippen LogP contribution in [0.2, 0.25) is 5.02 Å². The van der Waals surface area contributed by atoms with Crippen molar-refractivity contribution < 1.29 is 0 Å². The molecule has 0 radical (unpaired) electrons. The van der Waals surface area contributed by atoms with Crippen LogP contribution >= 0.6 is 11.6 Å². The Labute approximate surface area is 159 Å². The monoisotopic (exact) mass is 369 g/mol. The van der Waals surface area contributed by atoms with Gasteiger partial charge < -0.3 is 15.2 Å². The van der Waals surface area contributed by atoms with Crippen molar-refractivity contribution in [2.75, 3.05) is 20.6 Å². The van der Waals surface area contributed by atoms with Gasteiger partial charge in [-0.3, -0.25) is 4.99 Å². The Balaban J connectivity index is 1.48. The number of aromatic amines is 1. The molecule has 3 rings (SSSR count). The molecule has 0 atom stereocenters. The number of rotatable bonds is 6. The van der Waals surface area contributed by atoms with Gasteiger partial charge in [-0.15, -0.1) is 0 Å². The van der Waals surface area contributed by atoms with Gasteiger partial charge in [0.15, 0.2) is 5.96 Å². The lowest BCUT2D eigenvalue weighted by atomic mass is 10.2. The van der Waals surface area contributed by atoms with E-state index in [2.05, 4.69) is 31.2 Å². The predicted octanol–water partition coefficient (Wildman–Crippen LogP) is 3.86. The van der Waals surface area contributed by atoms with Crippen molar-refractivity contribution in [2.24, 2.45) is 4.99 Å². The fraction of sp³-hybridized carbons (Fsp3) is 0.300. The summed E-state index contributed by atoms with van der Waals surface area (Å²) < 4.78 is 0. The van der Waals surface area contributed by atoms with Gasteiger partial charge in [0.2, 0.25) is 0 Å². The zero-order valence-electron chi connectivity index (χ0n) is 15.2. The van der Waals surface area contributed by atoms with Gasteiger partial charge in [-0.2, -0.15) is 0 Å². The highest BCUT2D eigenvalue weighted by Crippen LogP contribution is 2.16. The minimum Gasteiger partial charge on any atom is -0.356 e. The van der Waals surface area contributed by atoms with E-state index >= 15 is 0 Å². The first-order chi connectivity index (χ1) is 12.7. The summed E-state index contributed by atoms with van der Waals surface area (Å²) in [6.45, 7) is 1.54. The van der Waals surface area contributed by atoms with Gasteiger partial charge in [-0.1, -0.05) is 41.9 Å².